The Bertz CT molecular complexity index is 953. The number of thiocarbonyl (C=S) groups is 1. The predicted octanol–water partition coefficient (Wildman–Crippen LogP) is 3.48. The highest BCUT2D eigenvalue weighted by Crippen LogP contribution is 2.43. The second kappa shape index (κ2) is 6.70. The molecule has 2 aromatic rings. The predicted molar refractivity (Wildman–Crippen MR) is 109 cm³/mol. The molecule has 0 radical (unpaired) electrons. The van der Waals surface area contributed by atoms with Gasteiger partial charge in [-0.15, -0.1) is 0 Å². The largest absolute Gasteiger partial charge is 0.311 e. The van der Waals surface area contributed by atoms with E-state index < -0.39 is 0 Å². The zero-order valence-corrected chi connectivity index (χ0v) is 15.8. The molecule has 2 aromatic carbocycles. The van der Waals surface area contributed by atoms with Crippen molar-refractivity contribution in [3.8, 4) is 0 Å². The Morgan fingerprint density at radius 2 is 1.65 bits per heavy atom. The normalized spacial score (nSPS) is 19.5. The summed E-state index contributed by atoms with van der Waals surface area (Å²) in [4.78, 5) is 29.3. The van der Waals surface area contributed by atoms with Gasteiger partial charge in [0.2, 0.25) is 0 Å². The second-order valence-corrected chi connectivity index (χ2v) is 7.79. The zero-order chi connectivity index (χ0) is 18.3. The van der Waals surface area contributed by atoms with Gasteiger partial charge in [-0.05, 0) is 18.1 Å². The van der Waals surface area contributed by atoms with Gasteiger partial charge in [-0.2, -0.15) is 0 Å². The number of hydrogen-bond donors (Lipinski definition) is 0. The Balaban J connectivity index is 1.65. The van der Waals surface area contributed by atoms with Gasteiger partial charge in [-0.25, -0.2) is 0 Å². The van der Waals surface area contributed by atoms with Crippen LogP contribution in [0.25, 0.3) is 5.57 Å². The molecule has 6 heteroatoms. The molecule has 0 aliphatic carbocycles. The first-order valence-electron chi connectivity index (χ1n) is 8.27. The fraction of sp³-hybridized carbons (Fsp3) is 0.150. The van der Waals surface area contributed by atoms with E-state index in [2.05, 4.69) is 0 Å². The molecule has 2 aliphatic rings. The summed E-state index contributed by atoms with van der Waals surface area (Å²) >= 11 is 6.64. The Labute approximate surface area is 161 Å². The maximum atomic E-state index is 13.0. The number of anilines is 1. The molecule has 4 nitrogen and oxygen atoms in total. The van der Waals surface area contributed by atoms with Crippen LogP contribution < -0.4 is 4.90 Å². The number of amides is 2. The van der Waals surface area contributed by atoms with E-state index >= 15 is 0 Å². The van der Waals surface area contributed by atoms with Crippen LogP contribution in [0, 0.1) is 0 Å². The van der Waals surface area contributed by atoms with Crippen LogP contribution in [-0.4, -0.2) is 34.6 Å². The summed E-state index contributed by atoms with van der Waals surface area (Å²) in [6, 6.07) is 17.5. The lowest BCUT2D eigenvalue weighted by Crippen LogP contribution is -2.30. The Morgan fingerprint density at radius 1 is 0.962 bits per heavy atom. The topological polar surface area (TPSA) is 40.6 Å². The molecule has 0 atom stereocenters. The SMILES string of the molecule is CN1C(=O)/C(=C2/SC(=S)N(CCc3ccccc3)C2=O)c2ccccc21. The Kier molecular flexibility index (Phi) is 4.38. The number of likely N-dealkylation sites (N-methyl/N-ethyl adjacent to an activating group) is 1. The van der Waals surface area contributed by atoms with Crippen molar-refractivity contribution in [3.63, 3.8) is 0 Å². The molecular formula is C20H16N2O2S2. The molecule has 4 rings (SSSR count). The number of nitrogens with zero attached hydrogens (tertiary/aromatic N) is 2. The smallest absolute Gasteiger partial charge is 0.267 e. The summed E-state index contributed by atoms with van der Waals surface area (Å²) < 4.78 is 0.508. The van der Waals surface area contributed by atoms with Crippen LogP contribution in [0.2, 0.25) is 0 Å². The summed E-state index contributed by atoms with van der Waals surface area (Å²) in [6.07, 6.45) is 0.723. The third kappa shape index (κ3) is 2.75. The van der Waals surface area contributed by atoms with E-state index in [-0.39, 0.29) is 11.8 Å². The third-order valence-corrected chi connectivity index (χ3v) is 6.04. The summed E-state index contributed by atoms with van der Waals surface area (Å²) in [6.45, 7) is 0.511. The molecule has 0 spiro atoms. The van der Waals surface area contributed by atoms with Gasteiger partial charge in [0.15, 0.2) is 0 Å². The molecule has 130 valence electrons. The van der Waals surface area contributed by atoms with E-state index in [1.54, 1.807) is 16.8 Å². The van der Waals surface area contributed by atoms with Gasteiger partial charge >= 0.3 is 0 Å². The zero-order valence-electron chi connectivity index (χ0n) is 14.1. The van der Waals surface area contributed by atoms with E-state index in [9.17, 15) is 9.59 Å². The van der Waals surface area contributed by atoms with Crippen molar-refractivity contribution in [2.45, 2.75) is 6.42 Å². The fourth-order valence-electron chi connectivity index (χ4n) is 3.22. The number of hydrogen-bond acceptors (Lipinski definition) is 4. The van der Waals surface area contributed by atoms with Crippen molar-refractivity contribution < 1.29 is 9.59 Å². The fourth-order valence-corrected chi connectivity index (χ4v) is 4.60. The number of benzene rings is 2. The van der Waals surface area contributed by atoms with Gasteiger partial charge < -0.3 is 4.90 Å². The standard InChI is InChI=1S/C20H16N2O2S2/c1-21-15-10-6-5-9-14(15)16(18(21)23)17-19(24)22(20(25)26-17)12-11-13-7-3-2-4-8-13/h2-10H,11-12H2,1H3/b17-16+. The van der Waals surface area contributed by atoms with Gasteiger partial charge in [-0.3, -0.25) is 14.5 Å². The molecule has 2 aliphatic heterocycles. The minimum absolute atomic E-state index is 0.158. The van der Waals surface area contributed by atoms with Gasteiger partial charge in [0.1, 0.15) is 4.32 Å². The van der Waals surface area contributed by atoms with Crippen LogP contribution in [0.1, 0.15) is 11.1 Å². The first kappa shape index (κ1) is 17.0. The van der Waals surface area contributed by atoms with Gasteiger partial charge in [0.05, 0.1) is 16.2 Å². The highest BCUT2D eigenvalue weighted by molar-refractivity contribution is 8.26. The van der Waals surface area contributed by atoms with E-state index in [1.165, 1.54) is 11.8 Å². The Hall–Kier alpha value is -2.44. The van der Waals surface area contributed by atoms with Crippen molar-refractivity contribution in [1.29, 1.82) is 0 Å². The minimum atomic E-state index is -0.176. The van der Waals surface area contributed by atoms with Crippen LogP contribution in [0.5, 0.6) is 0 Å². The Morgan fingerprint density at radius 3 is 2.42 bits per heavy atom. The number of carbonyl (C=O) groups excluding carboxylic acids is 2. The first-order valence-corrected chi connectivity index (χ1v) is 9.49. The van der Waals surface area contributed by atoms with E-state index in [4.69, 9.17) is 12.2 Å². The molecule has 2 heterocycles. The molecular weight excluding hydrogens is 364 g/mol. The van der Waals surface area contributed by atoms with Crippen molar-refractivity contribution in [2.24, 2.45) is 0 Å². The quantitative estimate of drug-likeness (QED) is 0.604. The average molecular weight is 380 g/mol. The molecule has 1 fully saturated rings. The molecule has 1 saturated heterocycles. The van der Waals surface area contributed by atoms with E-state index in [0.717, 1.165) is 23.2 Å². The number of rotatable bonds is 3. The first-order chi connectivity index (χ1) is 12.6. The summed E-state index contributed by atoms with van der Waals surface area (Å²) in [5, 5.41) is 0. The average Bonchev–Trinajstić information content (AvgIpc) is 3.08. The van der Waals surface area contributed by atoms with Crippen LogP contribution >= 0.6 is 24.0 Å². The lowest BCUT2D eigenvalue weighted by Gasteiger charge is -2.14. The van der Waals surface area contributed by atoms with Gasteiger partial charge in [-0.1, -0.05) is 72.5 Å². The molecule has 0 unspecified atom stereocenters. The van der Waals surface area contributed by atoms with Crippen molar-refractivity contribution in [3.05, 3.63) is 70.6 Å². The van der Waals surface area contributed by atoms with Crippen LogP contribution in [0.3, 0.4) is 0 Å². The van der Waals surface area contributed by atoms with Gasteiger partial charge in [0.25, 0.3) is 11.8 Å². The molecule has 0 bridgehead atoms. The molecule has 2 amide bonds. The number of thioether (sulfide) groups is 1. The van der Waals surface area contributed by atoms with Crippen LogP contribution in [-0.2, 0) is 16.0 Å². The lowest BCUT2D eigenvalue weighted by atomic mass is 10.1. The number of fused-ring (bicyclic) bond motifs is 1. The van der Waals surface area contributed by atoms with Crippen molar-refractivity contribution in [2.75, 3.05) is 18.5 Å². The highest BCUT2D eigenvalue weighted by Gasteiger charge is 2.40. The summed E-state index contributed by atoms with van der Waals surface area (Å²) in [7, 11) is 1.73. The van der Waals surface area contributed by atoms with Crippen LogP contribution in [0.4, 0.5) is 5.69 Å². The molecule has 26 heavy (non-hydrogen) atoms. The molecule has 0 saturated carbocycles. The van der Waals surface area contributed by atoms with Crippen molar-refractivity contribution in [1.82, 2.24) is 4.90 Å². The van der Waals surface area contributed by atoms with Crippen molar-refractivity contribution >= 4 is 51.4 Å². The maximum absolute atomic E-state index is 13.0. The van der Waals surface area contributed by atoms with E-state index in [0.29, 0.717) is 21.3 Å². The molecule has 0 N–H and O–H groups in total. The van der Waals surface area contributed by atoms with Crippen LogP contribution in [0.15, 0.2) is 59.5 Å². The number of para-hydroxylation sites is 1. The summed E-state index contributed by atoms with van der Waals surface area (Å²) in [5.74, 6) is -0.334. The lowest BCUT2D eigenvalue weighted by molar-refractivity contribution is -0.122. The minimum Gasteiger partial charge on any atom is -0.311 e. The second-order valence-electron chi connectivity index (χ2n) is 6.15. The van der Waals surface area contributed by atoms with E-state index in [1.807, 2.05) is 54.6 Å². The molecule has 0 aromatic heterocycles. The number of carbonyl (C=O) groups is 2. The van der Waals surface area contributed by atoms with Gasteiger partial charge in [0, 0.05) is 19.2 Å². The maximum Gasteiger partial charge on any atom is 0.267 e. The monoisotopic (exact) mass is 380 g/mol. The summed E-state index contributed by atoms with van der Waals surface area (Å²) in [5.41, 5.74) is 3.23. The third-order valence-electron chi connectivity index (χ3n) is 4.60. The highest BCUT2D eigenvalue weighted by atomic mass is 32.2.